The lowest BCUT2D eigenvalue weighted by molar-refractivity contribution is -0.138. The average Bonchev–Trinajstić information content (AvgIpc) is 3.13. The van der Waals surface area contributed by atoms with Gasteiger partial charge < -0.3 is 4.90 Å². The van der Waals surface area contributed by atoms with Gasteiger partial charge in [-0.25, -0.2) is 4.90 Å². The van der Waals surface area contributed by atoms with Gasteiger partial charge in [0.1, 0.15) is 0 Å². The van der Waals surface area contributed by atoms with Gasteiger partial charge in [0.05, 0.1) is 28.4 Å². The summed E-state index contributed by atoms with van der Waals surface area (Å²) in [6, 6.07) is 7.78. The van der Waals surface area contributed by atoms with Gasteiger partial charge in [-0.15, -0.1) is 0 Å². The number of nitriles is 1. The van der Waals surface area contributed by atoms with E-state index in [-0.39, 0.29) is 17.2 Å². The monoisotopic (exact) mass is 525 g/mol. The van der Waals surface area contributed by atoms with Gasteiger partial charge in [0.25, 0.3) is 17.7 Å². The van der Waals surface area contributed by atoms with Crippen LogP contribution in [0.2, 0.25) is 0 Å². The van der Waals surface area contributed by atoms with E-state index in [1.54, 1.807) is 29.4 Å². The zero-order chi connectivity index (χ0) is 27.4. The van der Waals surface area contributed by atoms with Crippen molar-refractivity contribution in [1.29, 1.82) is 5.26 Å². The molecule has 1 aromatic carbocycles. The number of piperazine rings is 1. The molecule has 0 radical (unpaired) electrons. The maximum absolute atomic E-state index is 13.4. The van der Waals surface area contributed by atoms with Crippen LogP contribution in [0, 0.1) is 11.3 Å². The molecule has 0 saturated carbocycles. The lowest BCUT2D eigenvalue weighted by atomic mass is 10.0. The molecule has 198 valence electrons. The van der Waals surface area contributed by atoms with Gasteiger partial charge >= 0.3 is 6.18 Å². The Morgan fingerprint density at radius 1 is 1.08 bits per heavy atom. The number of benzene rings is 1. The molecule has 2 aliphatic heterocycles. The number of nitrogens with zero attached hydrogens (tertiary/aromatic N) is 5. The van der Waals surface area contributed by atoms with Crippen LogP contribution >= 0.6 is 0 Å². The van der Waals surface area contributed by atoms with E-state index in [1.165, 1.54) is 19.1 Å². The smallest absolute Gasteiger partial charge is 0.336 e. The van der Waals surface area contributed by atoms with Crippen LogP contribution in [0.3, 0.4) is 0 Å². The molecule has 3 heterocycles. The summed E-state index contributed by atoms with van der Waals surface area (Å²) in [6.45, 7) is 4.91. The van der Waals surface area contributed by atoms with Crippen LogP contribution in [0.15, 0.2) is 53.9 Å². The molecular formula is C27H26F3N5O3. The van der Waals surface area contributed by atoms with Crippen LogP contribution in [-0.4, -0.2) is 65.2 Å². The Hall–Kier alpha value is -4.04. The highest BCUT2D eigenvalue weighted by atomic mass is 19.4. The summed E-state index contributed by atoms with van der Waals surface area (Å²) >= 11 is 0. The highest BCUT2D eigenvalue weighted by Crippen LogP contribution is 2.36. The highest BCUT2D eigenvalue weighted by molar-refractivity contribution is 6.32. The average molecular weight is 526 g/mol. The van der Waals surface area contributed by atoms with Gasteiger partial charge in [-0.05, 0) is 63.1 Å². The van der Waals surface area contributed by atoms with Crippen LogP contribution in [0.4, 0.5) is 18.9 Å². The second-order valence-corrected chi connectivity index (χ2v) is 9.22. The summed E-state index contributed by atoms with van der Waals surface area (Å²) in [5.74, 6) is -1.33. The third kappa shape index (κ3) is 5.60. The lowest BCUT2D eigenvalue weighted by Gasteiger charge is -2.34. The molecule has 1 fully saturated rings. The van der Waals surface area contributed by atoms with Crippen molar-refractivity contribution in [2.24, 2.45) is 0 Å². The molecule has 0 aliphatic carbocycles. The maximum atomic E-state index is 13.4. The van der Waals surface area contributed by atoms with Crippen molar-refractivity contribution in [1.82, 2.24) is 14.8 Å². The summed E-state index contributed by atoms with van der Waals surface area (Å²) in [7, 11) is 0. The van der Waals surface area contributed by atoms with Crippen molar-refractivity contribution < 1.29 is 27.6 Å². The van der Waals surface area contributed by atoms with E-state index < -0.39 is 29.1 Å². The first-order valence-electron chi connectivity index (χ1n) is 12.2. The largest absolute Gasteiger partial charge is 0.417 e. The van der Waals surface area contributed by atoms with Gasteiger partial charge in [0, 0.05) is 49.7 Å². The molecule has 8 nitrogen and oxygen atoms in total. The second kappa shape index (κ2) is 11.1. The number of amides is 3. The predicted molar refractivity (Wildman–Crippen MR) is 132 cm³/mol. The van der Waals surface area contributed by atoms with Gasteiger partial charge in [0.15, 0.2) is 0 Å². The molecule has 0 unspecified atom stereocenters. The Bertz CT molecular complexity index is 1310. The normalized spacial score (nSPS) is 16.8. The Labute approximate surface area is 217 Å². The molecule has 3 amide bonds. The Kier molecular flexibility index (Phi) is 7.92. The van der Waals surface area contributed by atoms with E-state index in [0.29, 0.717) is 43.1 Å². The minimum Gasteiger partial charge on any atom is -0.336 e. The van der Waals surface area contributed by atoms with Gasteiger partial charge in [-0.1, -0.05) is 0 Å². The number of imide groups is 1. The van der Waals surface area contributed by atoms with Crippen molar-refractivity contribution in [3.05, 3.63) is 70.6 Å². The molecule has 0 N–H and O–H groups in total. The molecule has 2 aliphatic rings. The summed E-state index contributed by atoms with van der Waals surface area (Å²) in [5.41, 5.74) is -0.904. The van der Waals surface area contributed by atoms with Crippen molar-refractivity contribution in [3.63, 3.8) is 0 Å². The summed E-state index contributed by atoms with van der Waals surface area (Å²) in [6.07, 6.45) is 0.0810. The minimum atomic E-state index is -4.80. The SMILES string of the molecule is CC1=C(CCCCN2CCN(C(=O)c3cccnc3)CC2)C(=O)N(c2ccc(C#N)c(C(F)(F)F)c2)C1=O. The predicted octanol–water partition coefficient (Wildman–Crippen LogP) is 3.79. The molecule has 38 heavy (non-hydrogen) atoms. The first-order chi connectivity index (χ1) is 18.1. The molecule has 1 saturated heterocycles. The number of halogens is 3. The van der Waals surface area contributed by atoms with E-state index >= 15 is 0 Å². The fourth-order valence-corrected chi connectivity index (χ4v) is 4.70. The standard InChI is InChI=1S/C27H26F3N5O3/c1-18-22(26(38)35(24(18)36)21-8-7-19(16-31)23(15-21)27(28,29)30)6-2-3-10-33-11-13-34(14-12-33)25(37)20-5-4-9-32-17-20/h4-5,7-9,15,17H,2-3,6,10-14H2,1H3. The van der Waals surface area contributed by atoms with Crippen LogP contribution in [0.5, 0.6) is 0 Å². The number of aromatic nitrogens is 1. The number of hydrogen-bond donors (Lipinski definition) is 0. The maximum Gasteiger partial charge on any atom is 0.417 e. The van der Waals surface area contributed by atoms with Gasteiger partial charge in [0.2, 0.25) is 0 Å². The number of alkyl halides is 3. The number of carbonyl (C=O) groups is 3. The molecule has 0 spiro atoms. The number of unbranched alkanes of at least 4 members (excludes halogenated alkanes) is 1. The van der Waals surface area contributed by atoms with Gasteiger partial charge in [-0.2, -0.15) is 18.4 Å². The third-order valence-electron chi connectivity index (χ3n) is 6.84. The van der Waals surface area contributed by atoms with E-state index in [4.69, 9.17) is 5.26 Å². The Morgan fingerprint density at radius 2 is 1.82 bits per heavy atom. The Balaban J connectivity index is 1.29. The van der Waals surface area contributed by atoms with E-state index in [1.807, 2.05) is 0 Å². The number of carbonyl (C=O) groups excluding carboxylic acids is 3. The van der Waals surface area contributed by atoms with E-state index in [2.05, 4.69) is 9.88 Å². The summed E-state index contributed by atoms with van der Waals surface area (Å²) in [4.78, 5) is 47.1. The van der Waals surface area contributed by atoms with Crippen molar-refractivity contribution in [2.75, 3.05) is 37.6 Å². The molecule has 0 bridgehead atoms. The van der Waals surface area contributed by atoms with Crippen molar-refractivity contribution >= 4 is 23.4 Å². The lowest BCUT2D eigenvalue weighted by Crippen LogP contribution is -2.48. The van der Waals surface area contributed by atoms with Crippen LogP contribution in [-0.2, 0) is 15.8 Å². The zero-order valence-corrected chi connectivity index (χ0v) is 20.8. The van der Waals surface area contributed by atoms with Crippen molar-refractivity contribution in [3.8, 4) is 6.07 Å². The quantitative estimate of drug-likeness (QED) is 0.403. The number of rotatable bonds is 7. The highest BCUT2D eigenvalue weighted by Gasteiger charge is 2.39. The minimum absolute atomic E-state index is 0.0428. The van der Waals surface area contributed by atoms with E-state index in [0.717, 1.165) is 37.0 Å². The van der Waals surface area contributed by atoms with E-state index in [9.17, 15) is 27.6 Å². The summed E-state index contributed by atoms with van der Waals surface area (Å²) < 4.78 is 40.1. The van der Waals surface area contributed by atoms with Crippen LogP contribution in [0.1, 0.15) is 47.7 Å². The first-order valence-corrected chi connectivity index (χ1v) is 12.2. The van der Waals surface area contributed by atoms with Gasteiger partial charge in [-0.3, -0.25) is 24.3 Å². The van der Waals surface area contributed by atoms with Crippen LogP contribution in [0.25, 0.3) is 0 Å². The molecule has 0 atom stereocenters. The number of pyridine rings is 1. The number of anilines is 1. The molecule has 11 heteroatoms. The van der Waals surface area contributed by atoms with Crippen molar-refractivity contribution in [2.45, 2.75) is 32.4 Å². The molecule has 2 aromatic rings. The molecular weight excluding hydrogens is 499 g/mol. The van der Waals surface area contributed by atoms with Crippen LogP contribution < -0.4 is 4.90 Å². The fraction of sp³-hybridized carbons (Fsp3) is 0.370. The Morgan fingerprint density at radius 3 is 2.45 bits per heavy atom. The number of hydrogen-bond acceptors (Lipinski definition) is 6. The fourth-order valence-electron chi connectivity index (χ4n) is 4.70. The second-order valence-electron chi connectivity index (χ2n) is 9.22. The molecule has 1 aromatic heterocycles. The molecule has 4 rings (SSSR count). The first kappa shape index (κ1) is 27.0. The summed E-state index contributed by atoms with van der Waals surface area (Å²) in [5, 5.41) is 9.00. The zero-order valence-electron chi connectivity index (χ0n) is 20.8. The topological polar surface area (TPSA) is 97.6 Å². The third-order valence-corrected chi connectivity index (χ3v) is 6.84.